The SMILES string of the molecule is CC(C)(C#Cc1ccc(NC(=O)CSc2nnnn2-c2ccc(C3CC3)cc2Cl)c(Cl)c1F)OCCO[n+]1cccc([O-])c1. The summed E-state index contributed by atoms with van der Waals surface area (Å²) in [6.07, 6.45) is 5.22. The molecule has 0 radical (unpaired) electrons. The molecule has 0 unspecified atom stereocenters. The summed E-state index contributed by atoms with van der Waals surface area (Å²) in [4.78, 5) is 18.1. The number of amides is 1. The molecule has 0 spiro atoms. The van der Waals surface area contributed by atoms with Gasteiger partial charge < -0.3 is 15.2 Å². The molecule has 2 aromatic heterocycles. The predicted octanol–water partition coefficient (Wildman–Crippen LogP) is 4.35. The fourth-order valence-corrected chi connectivity index (χ4v) is 5.22. The van der Waals surface area contributed by atoms with Gasteiger partial charge >= 0.3 is 0 Å². The number of tetrazole rings is 1. The third-order valence-electron chi connectivity index (χ3n) is 6.41. The lowest BCUT2D eigenvalue weighted by atomic mass is 10.1. The lowest BCUT2D eigenvalue weighted by Crippen LogP contribution is -2.44. The zero-order valence-electron chi connectivity index (χ0n) is 23.7. The van der Waals surface area contributed by atoms with E-state index in [1.807, 2.05) is 18.2 Å². The summed E-state index contributed by atoms with van der Waals surface area (Å²) in [5.74, 6) is 4.73. The van der Waals surface area contributed by atoms with Crippen LogP contribution in [0, 0.1) is 17.7 Å². The molecule has 4 aromatic rings. The van der Waals surface area contributed by atoms with Crippen LogP contribution in [-0.2, 0) is 9.53 Å². The van der Waals surface area contributed by atoms with Crippen LogP contribution in [-0.4, -0.2) is 50.7 Å². The predicted molar refractivity (Wildman–Crippen MR) is 161 cm³/mol. The maximum Gasteiger partial charge on any atom is 0.234 e. The summed E-state index contributed by atoms with van der Waals surface area (Å²) >= 11 is 13.8. The molecule has 0 atom stereocenters. The molecule has 1 amide bonds. The van der Waals surface area contributed by atoms with Gasteiger partial charge in [0, 0.05) is 10.8 Å². The molecule has 0 saturated heterocycles. The molecule has 14 heteroatoms. The van der Waals surface area contributed by atoms with Gasteiger partial charge in [0.05, 0.1) is 34.3 Å². The van der Waals surface area contributed by atoms with E-state index < -0.39 is 17.3 Å². The first-order valence-electron chi connectivity index (χ1n) is 13.6. The van der Waals surface area contributed by atoms with Gasteiger partial charge in [0.15, 0.2) is 12.4 Å². The van der Waals surface area contributed by atoms with Crippen molar-refractivity contribution in [2.45, 2.75) is 43.4 Å². The number of aromatic nitrogens is 5. The van der Waals surface area contributed by atoms with Crippen molar-refractivity contribution in [3.05, 3.63) is 81.8 Å². The highest BCUT2D eigenvalue weighted by Crippen LogP contribution is 2.41. The van der Waals surface area contributed by atoms with Crippen LogP contribution in [0.25, 0.3) is 5.69 Å². The van der Waals surface area contributed by atoms with E-state index in [0.29, 0.717) is 21.8 Å². The van der Waals surface area contributed by atoms with E-state index in [1.54, 1.807) is 26.1 Å². The Balaban J connectivity index is 1.14. The number of hydrogen-bond donors (Lipinski definition) is 1. The van der Waals surface area contributed by atoms with Gasteiger partial charge in [-0.2, -0.15) is 4.68 Å². The van der Waals surface area contributed by atoms with Gasteiger partial charge in [0.2, 0.25) is 23.5 Å². The van der Waals surface area contributed by atoms with Gasteiger partial charge in [-0.05, 0) is 78.6 Å². The van der Waals surface area contributed by atoms with Crippen LogP contribution in [0.2, 0.25) is 10.0 Å². The zero-order valence-corrected chi connectivity index (χ0v) is 26.0. The van der Waals surface area contributed by atoms with Crippen molar-refractivity contribution < 1.29 is 28.6 Å². The van der Waals surface area contributed by atoms with Crippen LogP contribution in [0.3, 0.4) is 0 Å². The smallest absolute Gasteiger partial charge is 0.234 e. The Bertz CT molecular complexity index is 1740. The van der Waals surface area contributed by atoms with Gasteiger partial charge in [-0.3, -0.25) is 9.63 Å². The number of hydrogen-bond acceptors (Lipinski definition) is 8. The highest BCUT2D eigenvalue weighted by atomic mass is 35.5. The second kappa shape index (κ2) is 13.8. The summed E-state index contributed by atoms with van der Waals surface area (Å²) in [5.41, 5.74) is 1.01. The molecule has 0 bridgehead atoms. The van der Waals surface area contributed by atoms with Gasteiger partial charge in [-0.25, -0.2) is 4.39 Å². The molecule has 2 aromatic carbocycles. The minimum atomic E-state index is -0.934. The van der Waals surface area contributed by atoms with Crippen LogP contribution < -0.4 is 20.0 Å². The summed E-state index contributed by atoms with van der Waals surface area (Å²) in [6.45, 7) is 3.80. The van der Waals surface area contributed by atoms with E-state index in [4.69, 9.17) is 32.8 Å². The van der Waals surface area contributed by atoms with E-state index in [0.717, 1.165) is 24.6 Å². The van der Waals surface area contributed by atoms with Gasteiger partial charge in [-0.1, -0.05) is 58.9 Å². The molecule has 1 aliphatic rings. The van der Waals surface area contributed by atoms with Crippen LogP contribution in [0.15, 0.2) is 60.0 Å². The van der Waals surface area contributed by atoms with Crippen molar-refractivity contribution in [2.24, 2.45) is 0 Å². The van der Waals surface area contributed by atoms with Gasteiger partial charge in [0.1, 0.15) is 10.6 Å². The number of ether oxygens (including phenoxy) is 1. The fraction of sp³-hybridized carbons (Fsp3) is 0.300. The summed E-state index contributed by atoms with van der Waals surface area (Å²) in [6, 6.07) is 11.7. The Morgan fingerprint density at radius 3 is 2.82 bits per heavy atom. The number of nitrogens with zero attached hydrogens (tertiary/aromatic N) is 5. The average Bonchev–Trinajstić information content (AvgIpc) is 3.74. The van der Waals surface area contributed by atoms with Crippen LogP contribution >= 0.6 is 35.0 Å². The minimum absolute atomic E-state index is 0.0434. The molecule has 1 aliphatic carbocycles. The molecule has 10 nitrogen and oxygen atoms in total. The first-order valence-corrected chi connectivity index (χ1v) is 15.3. The largest absolute Gasteiger partial charge is 0.868 e. The number of halogens is 3. The number of pyridine rings is 1. The standard InChI is InChI=1S/C30H27Cl2FN6O4S/c1-30(2,42-14-15-43-38-13-3-4-22(40)17-38)12-11-20-7-9-24(27(32)28(20)33)34-26(41)18-44-29-35-36-37-39(29)25-10-8-21(16-23(25)31)19-5-6-19/h3-4,7-10,13,16-17,19H,5-6,14-15,18H2,1-2H3,(H-,34,40,41). The summed E-state index contributed by atoms with van der Waals surface area (Å²) in [5, 5.41) is 26.3. The number of carbonyl (C=O) groups is 1. The number of rotatable bonds is 11. The monoisotopic (exact) mass is 656 g/mol. The van der Waals surface area contributed by atoms with Crippen LogP contribution in [0.4, 0.5) is 10.1 Å². The lowest BCUT2D eigenvalue weighted by molar-refractivity contribution is -0.892. The van der Waals surface area contributed by atoms with Crippen molar-refractivity contribution in [3.8, 4) is 23.3 Å². The van der Waals surface area contributed by atoms with E-state index in [1.165, 1.54) is 39.4 Å². The average molecular weight is 658 g/mol. The Morgan fingerprint density at radius 2 is 2.07 bits per heavy atom. The number of nitrogens with one attached hydrogen (secondary N) is 1. The molecule has 1 saturated carbocycles. The maximum atomic E-state index is 15.1. The van der Waals surface area contributed by atoms with Crippen molar-refractivity contribution in [1.82, 2.24) is 20.2 Å². The molecule has 2 heterocycles. The minimum Gasteiger partial charge on any atom is -0.868 e. The molecule has 0 aliphatic heterocycles. The van der Waals surface area contributed by atoms with Crippen LogP contribution in [0.5, 0.6) is 5.75 Å². The molecule has 5 rings (SSSR count). The summed E-state index contributed by atoms with van der Waals surface area (Å²) in [7, 11) is 0. The number of carbonyl (C=O) groups excluding carboxylic acids is 1. The molecular formula is C30H27Cl2FN6O4S. The highest BCUT2D eigenvalue weighted by Gasteiger charge is 2.25. The van der Waals surface area contributed by atoms with E-state index in [2.05, 4.69) is 32.7 Å². The van der Waals surface area contributed by atoms with Crippen molar-refractivity contribution >= 4 is 46.6 Å². The van der Waals surface area contributed by atoms with Gasteiger partial charge in [-0.15, -0.1) is 5.10 Å². The van der Waals surface area contributed by atoms with Gasteiger partial charge in [0.25, 0.3) is 0 Å². The second-order valence-corrected chi connectivity index (χ2v) is 12.1. The third-order valence-corrected chi connectivity index (χ3v) is 8.00. The number of benzene rings is 2. The Hall–Kier alpha value is -3.89. The Kier molecular flexibility index (Phi) is 9.90. The summed E-state index contributed by atoms with van der Waals surface area (Å²) < 4.78 is 23.6. The maximum absolute atomic E-state index is 15.1. The first-order chi connectivity index (χ1) is 21.1. The lowest BCUT2D eigenvalue weighted by Gasteiger charge is -2.18. The van der Waals surface area contributed by atoms with Crippen molar-refractivity contribution in [1.29, 1.82) is 0 Å². The quantitative estimate of drug-likeness (QED) is 0.110. The molecule has 1 N–H and O–H groups in total. The molecule has 1 fully saturated rings. The number of thioether (sulfide) groups is 1. The highest BCUT2D eigenvalue weighted by molar-refractivity contribution is 7.99. The Labute approximate surface area is 267 Å². The first kappa shape index (κ1) is 31.5. The Morgan fingerprint density at radius 1 is 1.25 bits per heavy atom. The number of anilines is 1. The molecule has 228 valence electrons. The fourth-order valence-electron chi connectivity index (χ4n) is 4.05. The van der Waals surface area contributed by atoms with E-state index in [-0.39, 0.29) is 41.0 Å². The molecule has 44 heavy (non-hydrogen) atoms. The van der Waals surface area contributed by atoms with E-state index in [9.17, 15) is 9.90 Å². The zero-order chi connectivity index (χ0) is 31.3. The third kappa shape index (κ3) is 8.18. The van der Waals surface area contributed by atoms with Crippen molar-refractivity contribution in [3.63, 3.8) is 0 Å². The normalized spacial score (nSPS) is 12.8. The second-order valence-electron chi connectivity index (χ2n) is 10.3. The topological polar surface area (TPSA) is 118 Å². The molecular weight excluding hydrogens is 630 g/mol. The van der Waals surface area contributed by atoms with Crippen LogP contribution in [0.1, 0.15) is 43.7 Å². The van der Waals surface area contributed by atoms with Crippen molar-refractivity contribution in [2.75, 3.05) is 24.3 Å². The van der Waals surface area contributed by atoms with E-state index >= 15 is 4.39 Å².